The first-order valence-electron chi connectivity index (χ1n) is 8.34. The first kappa shape index (κ1) is 23.6. The molecule has 0 aromatic heterocycles. The third-order valence-electron chi connectivity index (χ3n) is 3.50. The summed E-state index contributed by atoms with van der Waals surface area (Å²) in [7, 11) is 3.75. The summed E-state index contributed by atoms with van der Waals surface area (Å²) < 4.78 is 0. The van der Waals surface area contributed by atoms with Gasteiger partial charge in [0.2, 0.25) is 0 Å². The third-order valence-corrected chi connectivity index (χ3v) is 4.00. The van der Waals surface area contributed by atoms with Crippen LogP contribution >= 0.6 is 23.8 Å². The number of halogens is 1. The number of nitrogens with one attached hydrogen (secondary N) is 1. The molecule has 0 amide bonds. The van der Waals surface area contributed by atoms with E-state index in [1.54, 1.807) is 5.49 Å². The van der Waals surface area contributed by atoms with Crippen molar-refractivity contribution in [3.63, 3.8) is 0 Å². The molecule has 1 atom stereocenters. The molecule has 1 N–H and O–H groups in total. The standard InChI is InChI=1S/C17H23ClN2OS.C2H7N/c1-5-13(2)20(12-22)10-9-14(3)21-19-15(4)16-7-6-8-17(18)11-16;1-3-2/h6-8,11-13H,3,5,9-10H2,1-2,4H3;3H,1-2H3/b19-15+;. The molecule has 6 heteroatoms. The van der Waals surface area contributed by atoms with Crippen molar-refractivity contribution in [2.45, 2.75) is 39.7 Å². The van der Waals surface area contributed by atoms with Crippen LogP contribution in [0.3, 0.4) is 0 Å². The molecular weight excluding hydrogens is 354 g/mol. The Morgan fingerprint density at radius 2 is 2.12 bits per heavy atom. The van der Waals surface area contributed by atoms with Gasteiger partial charge in [-0.25, -0.2) is 0 Å². The minimum Gasteiger partial charge on any atom is -0.366 e. The van der Waals surface area contributed by atoms with Crippen LogP contribution in [0.25, 0.3) is 0 Å². The van der Waals surface area contributed by atoms with Crippen LogP contribution in [0.2, 0.25) is 5.02 Å². The minimum absolute atomic E-state index is 0.419. The van der Waals surface area contributed by atoms with Crippen LogP contribution in [-0.2, 0) is 4.84 Å². The fraction of sp³-hybridized carbons (Fsp3) is 0.474. The van der Waals surface area contributed by atoms with Gasteiger partial charge in [-0.1, -0.05) is 54.6 Å². The Labute approximate surface area is 162 Å². The lowest BCUT2D eigenvalue weighted by molar-refractivity contribution is 0.207. The van der Waals surface area contributed by atoms with Gasteiger partial charge < -0.3 is 15.1 Å². The van der Waals surface area contributed by atoms with E-state index in [1.807, 2.05) is 45.3 Å². The van der Waals surface area contributed by atoms with Crippen LogP contribution in [-0.4, -0.2) is 42.8 Å². The molecule has 0 bridgehead atoms. The average molecular weight is 384 g/mol. The zero-order chi connectivity index (χ0) is 19.2. The normalized spacial score (nSPS) is 11.8. The lowest BCUT2D eigenvalue weighted by atomic mass is 10.1. The highest BCUT2D eigenvalue weighted by Gasteiger charge is 2.08. The molecule has 1 rings (SSSR count). The summed E-state index contributed by atoms with van der Waals surface area (Å²) in [5, 5.41) is 7.53. The number of benzene rings is 1. The largest absolute Gasteiger partial charge is 0.366 e. The van der Waals surface area contributed by atoms with Gasteiger partial charge in [0.15, 0.2) is 0 Å². The highest BCUT2D eigenvalue weighted by atomic mass is 35.5. The van der Waals surface area contributed by atoms with E-state index in [9.17, 15) is 0 Å². The fourth-order valence-corrected chi connectivity index (χ4v) is 2.31. The van der Waals surface area contributed by atoms with E-state index >= 15 is 0 Å². The Morgan fingerprint density at radius 3 is 2.64 bits per heavy atom. The molecule has 1 aromatic rings. The first-order chi connectivity index (χ1) is 11.9. The molecule has 0 heterocycles. The van der Waals surface area contributed by atoms with E-state index in [4.69, 9.17) is 28.7 Å². The van der Waals surface area contributed by atoms with Gasteiger partial charge in [-0.05, 0) is 46.5 Å². The Hall–Kier alpha value is -1.43. The van der Waals surface area contributed by atoms with Crippen LogP contribution in [0, 0.1) is 0 Å². The Morgan fingerprint density at radius 1 is 1.48 bits per heavy atom. The molecule has 1 aromatic carbocycles. The molecule has 0 spiro atoms. The van der Waals surface area contributed by atoms with Crippen molar-refractivity contribution >= 4 is 35.0 Å². The summed E-state index contributed by atoms with van der Waals surface area (Å²) in [5.41, 5.74) is 3.39. The van der Waals surface area contributed by atoms with Gasteiger partial charge in [-0.15, -0.1) is 0 Å². The number of hydrogen-bond acceptors (Lipinski definition) is 4. The van der Waals surface area contributed by atoms with Crippen molar-refractivity contribution in [3.8, 4) is 0 Å². The van der Waals surface area contributed by atoms with Crippen LogP contribution in [0.4, 0.5) is 0 Å². The van der Waals surface area contributed by atoms with Crippen molar-refractivity contribution in [2.24, 2.45) is 5.16 Å². The Bertz CT molecular complexity index is 563. The fourth-order valence-electron chi connectivity index (χ4n) is 1.81. The van der Waals surface area contributed by atoms with E-state index in [1.165, 1.54) is 0 Å². The van der Waals surface area contributed by atoms with Crippen molar-refractivity contribution in [1.82, 2.24) is 10.2 Å². The lowest BCUT2D eigenvalue weighted by Crippen LogP contribution is -2.31. The van der Waals surface area contributed by atoms with Crippen molar-refractivity contribution in [3.05, 3.63) is 47.2 Å². The van der Waals surface area contributed by atoms with E-state index in [2.05, 4.69) is 35.8 Å². The first-order valence-corrected chi connectivity index (χ1v) is 9.19. The third kappa shape index (κ3) is 10.2. The second kappa shape index (κ2) is 13.8. The van der Waals surface area contributed by atoms with Gasteiger partial charge in [-0.2, -0.15) is 0 Å². The molecule has 140 valence electrons. The molecule has 4 nitrogen and oxygen atoms in total. The topological polar surface area (TPSA) is 36.9 Å². The summed E-state index contributed by atoms with van der Waals surface area (Å²) in [5.74, 6) is 0.617. The van der Waals surface area contributed by atoms with E-state index in [0.717, 1.165) is 24.2 Å². The molecule has 0 aliphatic heterocycles. The average Bonchev–Trinajstić information content (AvgIpc) is 2.60. The van der Waals surface area contributed by atoms with E-state index < -0.39 is 0 Å². The van der Waals surface area contributed by atoms with Crippen molar-refractivity contribution in [1.29, 1.82) is 0 Å². The van der Waals surface area contributed by atoms with Crippen LogP contribution in [0.15, 0.2) is 41.8 Å². The minimum atomic E-state index is 0.419. The van der Waals surface area contributed by atoms with Gasteiger partial charge >= 0.3 is 0 Å². The van der Waals surface area contributed by atoms with Gasteiger partial charge in [0.05, 0.1) is 11.2 Å². The van der Waals surface area contributed by atoms with Gasteiger partial charge in [0, 0.05) is 29.6 Å². The molecule has 0 aliphatic rings. The van der Waals surface area contributed by atoms with Gasteiger partial charge in [-0.3, -0.25) is 0 Å². The Balaban J connectivity index is 0.00000178. The van der Waals surface area contributed by atoms with Crippen LogP contribution in [0.5, 0.6) is 0 Å². The second-order valence-corrected chi connectivity index (χ2v) is 6.31. The van der Waals surface area contributed by atoms with E-state index in [0.29, 0.717) is 23.2 Å². The van der Waals surface area contributed by atoms with Crippen molar-refractivity contribution in [2.75, 3.05) is 20.6 Å². The zero-order valence-electron chi connectivity index (χ0n) is 15.9. The molecule has 1 unspecified atom stereocenters. The zero-order valence-corrected chi connectivity index (χ0v) is 17.5. The number of oxime groups is 1. The maximum absolute atomic E-state index is 5.96. The summed E-state index contributed by atoms with van der Waals surface area (Å²) in [6, 6.07) is 7.92. The highest BCUT2D eigenvalue weighted by Crippen LogP contribution is 2.13. The molecule has 0 radical (unpaired) electrons. The Kier molecular flexibility index (Phi) is 13.0. The maximum Gasteiger partial charge on any atom is 0.129 e. The monoisotopic (exact) mass is 383 g/mol. The highest BCUT2D eigenvalue weighted by molar-refractivity contribution is 7.78. The second-order valence-electron chi connectivity index (χ2n) is 5.67. The molecule has 0 saturated carbocycles. The number of thiocarbonyl (C=S) groups is 1. The smallest absolute Gasteiger partial charge is 0.129 e. The number of hydrogen-bond donors (Lipinski definition) is 1. The summed E-state index contributed by atoms with van der Waals surface area (Å²) in [6.07, 6.45) is 1.73. The lowest BCUT2D eigenvalue weighted by Gasteiger charge is -2.25. The van der Waals surface area contributed by atoms with E-state index in [-0.39, 0.29) is 0 Å². The number of nitrogens with zero attached hydrogens (tertiary/aromatic N) is 2. The molecule has 25 heavy (non-hydrogen) atoms. The summed E-state index contributed by atoms with van der Waals surface area (Å²) in [4.78, 5) is 7.49. The van der Waals surface area contributed by atoms with Gasteiger partial charge in [0.1, 0.15) is 5.76 Å². The number of rotatable bonds is 9. The predicted octanol–water partition coefficient (Wildman–Crippen LogP) is 4.88. The molecule has 0 fully saturated rings. The summed E-state index contributed by atoms with van der Waals surface area (Å²) >= 11 is 11.0. The maximum atomic E-state index is 5.96. The summed E-state index contributed by atoms with van der Waals surface area (Å²) in [6.45, 7) is 10.8. The van der Waals surface area contributed by atoms with Gasteiger partial charge in [0.25, 0.3) is 0 Å². The predicted molar refractivity (Wildman–Crippen MR) is 114 cm³/mol. The van der Waals surface area contributed by atoms with Crippen LogP contribution in [0.1, 0.15) is 39.2 Å². The SMILES string of the molecule is C=C(CCN(C=S)C(C)CC)O/N=C(\C)c1cccc(Cl)c1.CNC. The quantitative estimate of drug-likeness (QED) is 0.285. The molecule has 0 aliphatic carbocycles. The van der Waals surface area contributed by atoms with Crippen molar-refractivity contribution < 1.29 is 4.84 Å². The molecular formula is C19H30ClN3OS. The van der Waals surface area contributed by atoms with Crippen LogP contribution < -0.4 is 5.32 Å². The molecule has 0 saturated heterocycles.